The van der Waals surface area contributed by atoms with E-state index in [0.29, 0.717) is 5.41 Å². The lowest BCUT2D eigenvalue weighted by Gasteiger charge is -2.35. The van der Waals surface area contributed by atoms with E-state index in [9.17, 15) is 0 Å². The molecule has 0 fully saturated rings. The molecule has 0 nitrogen and oxygen atoms in total. The van der Waals surface area contributed by atoms with E-state index in [1.165, 1.54) is 167 Å². The van der Waals surface area contributed by atoms with E-state index in [4.69, 9.17) is 0 Å². The second-order valence-electron chi connectivity index (χ2n) is 10.7. The first-order chi connectivity index (χ1) is 15.7. The van der Waals surface area contributed by atoms with Crippen LogP contribution in [0.1, 0.15) is 181 Å². The van der Waals surface area contributed by atoms with Gasteiger partial charge in [-0.15, -0.1) is 0 Å². The summed E-state index contributed by atoms with van der Waals surface area (Å²) in [5.41, 5.74) is 0.690. The predicted molar refractivity (Wildman–Crippen MR) is 157 cm³/mol. The minimum atomic E-state index is 0.690. The minimum Gasteiger partial charge on any atom is -0.0654 e. The Kier molecular flexibility index (Phi) is 27.3. The number of hydrogen-bond acceptors (Lipinski definition) is 0. The van der Waals surface area contributed by atoms with Crippen molar-refractivity contribution in [1.29, 1.82) is 0 Å². The highest BCUT2D eigenvalue weighted by Gasteiger charge is 2.27. The Morgan fingerprint density at radius 2 is 0.688 bits per heavy atom. The molecule has 0 aromatic heterocycles. The smallest absolute Gasteiger partial charge is 0.0255 e. The predicted octanol–water partition coefficient (Wildman–Crippen LogP) is 12.8. The first-order valence-electron chi connectivity index (χ1n) is 15.1. The van der Waals surface area contributed by atoms with E-state index in [1.807, 2.05) is 0 Å². The van der Waals surface area contributed by atoms with Crippen molar-refractivity contribution in [3.05, 3.63) is 0 Å². The van der Waals surface area contributed by atoms with Crippen LogP contribution in [0.5, 0.6) is 0 Å². The van der Waals surface area contributed by atoms with Crippen LogP contribution in [0.25, 0.3) is 0 Å². The summed E-state index contributed by atoms with van der Waals surface area (Å²) in [7, 11) is 0.978. The summed E-state index contributed by atoms with van der Waals surface area (Å²) in [6.45, 7) is 7.12. The molecule has 0 aliphatic rings. The van der Waals surface area contributed by atoms with Crippen molar-refractivity contribution in [2.45, 2.75) is 181 Å². The van der Waals surface area contributed by atoms with Crippen LogP contribution in [0.3, 0.4) is 0 Å². The third-order valence-corrected chi connectivity index (χ3v) is 9.39. The molecule has 0 aromatic carbocycles. The highest BCUT2D eigenvalue weighted by molar-refractivity contribution is 9.36. The normalized spacial score (nSPS) is 12.4. The summed E-state index contributed by atoms with van der Waals surface area (Å²) >= 11 is 3.55. The van der Waals surface area contributed by atoms with Gasteiger partial charge in [0.1, 0.15) is 0 Å². The van der Waals surface area contributed by atoms with E-state index >= 15 is 0 Å². The molecule has 194 valence electrons. The second-order valence-corrected chi connectivity index (χ2v) is 13.2. The molecule has 1 unspecified atom stereocenters. The quantitative estimate of drug-likeness (QED) is 0.0727. The van der Waals surface area contributed by atoms with Crippen molar-refractivity contribution in [2.24, 2.45) is 5.41 Å². The van der Waals surface area contributed by atoms with Gasteiger partial charge in [-0.05, 0) is 43.7 Å². The number of rotatable bonds is 27. The van der Waals surface area contributed by atoms with E-state index in [0.717, 1.165) is 7.28 Å². The van der Waals surface area contributed by atoms with Gasteiger partial charge in [-0.1, -0.05) is 172 Å². The zero-order valence-corrected chi connectivity index (χ0v) is 25.3. The van der Waals surface area contributed by atoms with E-state index in [-0.39, 0.29) is 0 Å². The van der Waals surface area contributed by atoms with Gasteiger partial charge in [0.05, 0.1) is 0 Å². The Bertz CT molecular complexity index is 322. The van der Waals surface area contributed by atoms with Crippen molar-refractivity contribution in [1.82, 2.24) is 0 Å². The van der Waals surface area contributed by atoms with Gasteiger partial charge in [0.2, 0.25) is 0 Å². The van der Waals surface area contributed by atoms with Gasteiger partial charge in [0, 0.05) is 0 Å². The van der Waals surface area contributed by atoms with Crippen LogP contribution in [0.15, 0.2) is 0 Å². The largest absolute Gasteiger partial charge is 0.0654 e. The average Bonchev–Trinajstić information content (AvgIpc) is 2.81. The van der Waals surface area contributed by atoms with Gasteiger partial charge < -0.3 is 0 Å². The lowest BCUT2D eigenvalue weighted by atomic mass is 9.71. The maximum Gasteiger partial charge on any atom is -0.0255 e. The zero-order valence-electron chi connectivity index (χ0n) is 22.8. The third kappa shape index (κ3) is 21.4. The van der Waals surface area contributed by atoms with E-state index < -0.39 is 0 Å². The first kappa shape index (κ1) is 32.9. The lowest BCUT2D eigenvalue weighted by molar-refractivity contribution is 0.175. The molecule has 0 radical (unpaired) electrons. The van der Waals surface area contributed by atoms with Crippen molar-refractivity contribution < 1.29 is 0 Å². The molecule has 0 bridgehead atoms. The Morgan fingerprint density at radius 1 is 0.406 bits per heavy atom. The first-order valence-corrected chi connectivity index (χ1v) is 18.5. The molecular formula is C30H62BrP. The Morgan fingerprint density at radius 3 is 1.00 bits per heavy atom. The summed E-state index contributed by atoms with van der Waals surface area (Å²) in [6.07, 6.45) is 38.0. The van der Waals surface area contributed by atoms with Gasteiger partial charge in [-0.25, -0.2) is 0 Å². The van der Waals surface area contributed by atoms with Crippen LogP contribution in [0.4, 0.5) is 0 Å². The molecular weight excluding hydrogens is 471 g/mol. The molecule has 2 heteroatoms. The molecule has 0 amide bonds. The molecule has 0 saturated heterocycles. The van der Waals surface area contributed by atoms with Gasteiger partial charge >= 0.3 is 0 Å². The molecule has 32 heavy (non-hydrogen) atoms. The molecule has 0 saturated carbocycles. The van der Waals surface area contributed by atoms with Gasteiger partial charge in [0.15, 0.2) is 0 Å². The summed E-state index contributed by atoms with van der Waals surface area (Å²) in [5.74, 6) is 0. The van der Waals surface area contributed by atoms with Crippen LogP contribution in [-0.2, 0) is 0 Å². The molecule has 0 aromatic rings. The average molecular weight is 534 g/mol. The molecule has 0 spiro atoms. The Balaban J connectivity index is 3.67. The molecule has 0 N–H and O–H groups in total. The number of unbranched alkanes of at least 4 members (excludes halogenated alkanes) is 17. The van der Waals surface area contributed by atoms with Crippen molar-refractivity contribution in [3.8, 4) is 0 Å². The maximum absolute atomic E-state index is 3.55. The highest BCUT2D eigenvalue weighted by Crippen LogP contribution is 2.41. The molecule has 1 atom stereocenters. The monoisotopic (exact) mass is 532 g/mol. The van der Waals surface area contributed by atoms with Crippen LogP contribution < -0.4 is 0 Å². The topological polar surface area (TPSA) is 0 Å². The minimum absolute atomic E-state index is 0.690. The van der Waals surface area contributed by atoms with Gasteiger partial charge in [-0.2, -0.15) is 0 Å². The Labute approximate surface area is 215 Å². The Hall–Kier alpha value is 0.910. The maximum atomic E-state index is 3.55. The van der Waals surface area contributed by atoms with Crippen LogP contribution in [0, 0.1) is 5.41 Å². The fourth-order valence-corrected chi connectivity index (χ4v) is 6.62. The molecule has 0 heterocycles. The second kappa shape index (κ2) is 26.5. The number of halogens is 1. The summed E-state index contributed by atoms with van der Waals surface area (Å²) in [4.78, 5) is 0. The fraction of sp³-hybridized carbons (Fsp3) is 1.00. The number of hydrogen-bond donors (Lipinski definition) is 0. The van der Waals surface area contributed by atoms with Gasteiger partial charge in [0.25, 0.3) is 0 Å². The standard InChI is InChI=1S/C30H62BrP/c1-4-7-25-30(26-8-5-2,27-9-6-3)28-23-21-19-17-15-13-11-10-12-14-16-18-20-22-24-29-32-31/h32H,4-29H2,1-3H3. The van der Waals surface area contributed by atoms with Crippen LogP contribution >= 0.6 is 22.8 Å². The summed E-state index contributed by atoms with van der Waals surface area (Å²) < 4.78 is 0. The van der Waals surface area contributed by atoms with Crippen molar-refractivity contribution >= 4 is 22.8 Å². The van der Waals surface area contributed by atoms with Crippen molar-refractivity contribution in [3.63, 3.8) is 0 Å². The highest BCUT2D eigenvalue weighted by atomic mass is 79.9. The van der Waals surface area contributed by atoms with Crippen LogP contribution in [0.2, 0.25) is 0 Å². The fourth-order valence-electron chi connectivity index (χ4n) is 5.40. The molecule has 0 aliphatic carbocycles. The van der Waals surface area contributed by atoms with Crippen molar-refractivity contribution in [2.75, 3.05) is 6.16 Å². The summed E-state index contributed by atoms with van der Waals surface area (Å²) in [5, 5.41) is 0. The SMILES string of the molecule is CCCCC(CCCC)(CCCC)CCCCCCCCCCCCCCCCCPBr. The zero-order chi connectivity index (χ0) is 23.6. The van der Waals surface area contributed by atoms with E-state index in [2.05, 4.69) is 36.3 Å². The van der Waals surface area contributed by atoms with Crippen LogP contribution in [-0.4, -0.2) is 6.16 Å². The lowest BCUT2D eigenvalue weighted by Crippen LogP contribution is -2.21. The summed E-state index contributed by atoms with van der Waals surface area (Å²) in [6, 6.07) is 0. The van der Waals surface area contributed by atoms with Gasteiger partial charge in [-0.3, -0.25) is 0 Å². The molecule has 0 aliphatic heterocycles. The molecule has 0 rings (SSSR count). The van der Waals surface area contributed by atoms with E-state index in [1.54, 1.807) is 0 Å². The third-order valence-electron chi connectivity index (χ3n) is 7.66.